The smallest absolute Gasteiger partial charge is 0.0815 e. The van der Waals surface area contributed by atoms with Crippen molar-refractivity contribution in [2.45, 2.75) is 104 Å². The number of hydrogen-bond donors (Lipinski definition) is 0. The average molecular weight is 453 g/mol. The lowest BCUT2D eigenvalue weighted by molar-refractivity contribution is -0.0346. The third kappa shape index (κ3) is 15.0. The van der Waals surface area contributed by atoms with Crippen LogP contribution in [-0.4, -0.2) is 19.3 Å². The first-order valence-corrected chi connectivity index (χ1v) is 13.5. The molecule has 2 aromatic carbocycles. The summed E-state index contributed by atoms with van der Waals surface area (Å²) < 4.78 is 12.1. The Labute approximate surface area is 204 Å². The Morgan fingerprint density at radius 2 is 1.12 bits per heavy atom. The highest BCUT2D eigenvalue weighted by molar-refractivity contribution is 5.14. The maximum absolute atomic E-state index is 6.14. The molecule has 0 spiro atoms. The van der Waals surface area contributed by atoms with E-state index < -0.39 is 0 Å². The van der Waals surface area contributed by atoms with Crippen molar-refractivity contribution in [3.05, 3.63) is 71.8 Å². The Morgan fingerprint density at radius 3 is 1.70 bits per heavy atom. The molecule has 2 heteroatoms. The van der Waals surface area contributed by atoms with Crippen LogP contribution in [0.5, 0.6) is 0 Å². The molecule has 0 radical (unpaired) electrons. The minimum atomic E-state index is 0.192. The summed E-state index contributed by atoms with van der Waals surface area (Å²) in [6, 6.07) is 21.3. The second-order valence-corrected chi connectivity index (χ2v) is 9.89. The Morgan fingerprint density at radius 1 is 0.606 bits per heavy atom. The van der Waals surface area contributed by atoms with Crippen LogP contribution in [0.15, 0.2) is 60.7 Å². The lowest BCUT2D eigenvalue weighted by Gasteiger charge is -2.20. The zero-order valence-corrected chi connectivity index (χ0v) is 21.4. The van der Waals surface area contributed by atoms with Gasteiger partial charge in [-0.2, -0.15) is 0 Å². The molecule has 184 valence electrons. The van der Waals surface area contributed by atoms with E-state index in [-0.39, 0.29) is 6.10 Å². The Kier molecular flexibility index (Phi) is 15.7. The van der Waals surface area contributed by atoms with Gasteiger partial charge in [-0.15, -0.1) is 0 Å². The molecule has 0 bridgehead atoms. The summed E-state index contributed by atoms with van der Waals surface area (Å²) in [7, 11) is 0. The molecule has 0 saturated heterocycles. The predicted molar refractivity (Wildman–Crippen MR) is 142 cm³/mol. The molecule has 2 rings (SSSR count). The van der Waals surface area contributed by atoms with Gasteiger partial charge in [0.25, 0.3) is 0 Å². The van der Waals surface area contributed by atoms with E-state index in [9.17, 15) is 0 Å². The van der Waals surface area contributed by atoms with Crippen LogP contribution >= 0.6 is 0 Å². The van der Waals surface area contributed by atoms with Gasteiger partial charge in [0, 0.05) is 6.61 Å². The number of hydrogen-bond acceptors (Lipinski definition) is 2. The van der Waals surface area contributed by atoms with E-state index in [1.807, 2.05) is 6.07 Å². The van der Waals surface area contributed by atoms with E-state index in [4.69, 9.17) is 9.47 Å². The van der Waals surface area contributed by atoms with E-state index in [0.29, 0.717) is 12.5 Å². The lowest BCUT2D eigenvalue weighted by Crippen LogP contribution is -2.22. The third-order valence-corrected chi connectivity index (χ3v) is 6.21. The van der Waals surface area contributed by atoms with Gasteiger partial charge in [0.1, 0.15) is 0 Å². The monoisotopic (exact) mass is 452 g/mol. The molecule has 0 aliphatic rings. The van der Waals surface area contributed by atoms with Crippen LogP contribution in [0.2, 0.25) is 0 Å². The van der Waals surface area contributed by atoms with Gasteiger partial charge >= 0.3 is 0 Å². The maximum Gasteiger partial charge on any atom is 0.0815 e. The van der Waals surface area contributed by atoms with Crippen molar-refractivity contribution in [3.8, 4) is 0 Å². The molecule has 0 aliphatic carbocycles. The van der Waals surface area contributed by atoms with E-state index in [1.165, 1.54) is 81.8 Å². The summed E-state index contributed by atoms with van der Waals surface area (Å²) in [5.41, 5.74) is 2.72. The van der Waals surface area contributed by atoms with Crippen molar-refractivity contribution < 1.29 is 9.47 Å². The molecular formula is C31H48O2. The van der Waals surface area contributed by atoms with Gasteiger partial charge in [0.2, 0.25) is 0 Å². The number of rotatable bonds is 20. The largest absolute Gasteiger partial charge is 0.379 e. The molecule has 0 aliphatic heterocycles. The van der Waals surface area contributed by atoms with Crippen LogP contribution in [0.4, 0.5) is 0 Å². The van der Waals surface area contributed by atoms with Crippen molar-refractivity contribution in [3.63, 3.8) is 0 Å². The van der Waals surface area contributed by atoms with Crippen molar-refractivity contribution >= 4 is 0 Å². The molecule has 0 aromatic heterocycles. The summed E-state index contributed by atoms with van der Waals surface area (Å²) >= 11 is 0. The van der Waals surface area contributed by atoms with Gasteiger partial charge in [-0.1, -0.05) is 126 Å². The predicted octanol–water partition coefficient (Wildman–Crippen LogP) is 8.78. The van der Waals surface area contributed by atoms with E-state index >= 15 is 0 Å². The van der Waals surface area contributed by atoms with Crippen LogP contribution < -0.4 is 0 Å². The molecule has 2 aromatic rings. The zero-order valence-electron chi connectivity index (χ0n) is 21.4. The van der Waals surface area contributed by atoms with Gasteiger partial charge < -0.3 is 9.47 Å². The normalized spacial score (nSPS) is 12.3. The highest BCUT2D eigenvalue weighted by Crippen LogP contribution is 2.14. The molecule has 0 heterocycles. The van der Waals surface area contributed by atoms with Crippen molar-refractivity contribution in [1.82, 2.24) is 0 Å². The number of benzene rings is 2. The highest BCUT2D eigenvalue weighted by atomic mass is 16.5. The quantitative estimate of drug-likeness (QED) is 0.187. The first-order chi connectivity index (χ1) is 16.2. The standard InChI is InChI=1S/C31H48O2/c1-28(2)25-31(33-26-30-22-16-12-17-23-30)27-32-24-18-10-8-6-4-3-5-7-9-13-19-29-20-14-11-15-21-29/h11-12,14-17,20-23,28,31H,3-10,13,18-19,24-27H2,1-2H3. The van der Waals surface area contributed by atoms with Gasteiger partial charge in [0.15, 0.2) is 0 Å². The van der Waals surface area contributed by atoms with Crippen LogP contribution in [0.1, 0.15) is 95.6 Å². The fraction of sp³-hybridized carbons (Fsp3) is 0.613. The SMILES string of the molecule is CC(C)CC(COCCCCCCCCCCCCc1ccccc1)OCc1ccccc1. The summed E-state index contributed by atoms with van der Waals surface area (Å²) in [6.07, 6.45) is 16.0. The van der Waals surface area contributed by atoms with Crippen molar-refractivity contribution in [2.24, 2.45) is 5.92 Å². The zero-order chi connectivity index (χ0) is 23.4. The summed E-state index contributed by atoms with van der Waals surface area (Å²) in [4.78, 5) is 0. The molecule has 0 saturated carbocycles. The molecule has 0 amide bonds. The van der Waals surface area contributed by atoms with E-state index in [0.717, 1.165) is 19.6 Å². The Hall–Kier alpha value is -1.64. The summed E-state index contributed by atoms with van der Waals surface area (Å²) in [6.45, 7) is 6.77. The van der Waals surface area contributed by atoms with Crippen LogP contribution in [-0.2, 0) is 22.5 Å². The minimum Gasteiger partial charge on any atom is -0.379 e. The number of aryl methyl sites for hydroxylation is 1. The van der Waals surface area contributed by atoms with Crippen LogP contribution in [0, 0.1) is 5.92 Å². The average Bonchev–Trinajstić information content (AvgIpc) is 2.83. The highest BCUT2D eigenvalue weighted by Gasteiger charge is 2.12. The van der Waals surface area contributed by atoms with Gasteiger partial charge in [0.05, 0.1) is 19.3 Å². The third-order valence-electron chi connectivity index (χ3n) is 6.21. The first-order valence-electron chi connectivity index (χ1n) is 13.5. The topological polar surface area (TPSA) is 18.5 Å². The molecule has 1 atom stereocenters. The maximum atomic E-state index is 6.14. The van der Waals surface area contributed by atoms with Crippen LogP contribution in [0.3, 0.4) is 0 Å². The lowest BCUT2D eigenvalue weighted by atomic mass is 10.0. The fourth-order valence-corrected chi connectivity index (χ4v) is 4.31. The first kappa shape index (κ1) is 27.6. The molecule has 33 heavy (non-hydrogen) atoms. The second kappa shape index (κ2) is 18.7. The Balaban J connectivity index is 1.37. The van der Waals surface area contributed by atoms with Crippen molar-refractivity contribution in [2.75, 3.05) is 13.2 Å². The number of ether oxygens (including phenoxy) is 2. The van der Waals surface area contributed by atoms with Gasteiger partial charge in [-0.25, -0.2) is 0 Å². The second-order valence-electron chi connectivity index (χ2n) is 9.89. The van der Waals surface area contributed by atoms with Crippen molar-refractivity contribution in [1.29, 1.82) is 0 Å². The summed E-state index contributed by atoms with van der Waals surface area (Å²) in [5, 5.41) is 0. The molecule has 1 unspecified atom stereocenters. The van der Waals surface area contributed by atoms with E-state index in [1.54, 1.807) is 0 Å². The summed E-state index contributed by atoms with van der Waals surface area (Å²) in [5.74, 6) is 0.623. The molecule has 0 fully saturated rings. The van der Waals surface area contributed by atoms with Gasteiger partial charge in [-0.3, -0.25) is 0 Å². The molecular weight excluding hydrogens is 404 g/mol. The molecule has 0 N–H and O–H groups in total. The minimum absolute atomic E-state index is 0.192. The van der Waals surface area contributed by atoms with Crippen LogP contribution in [0.25, 0.3) is 0 Å². The van der Waals surface area contributed by atoms with Gasteiger partial charge in [-0.05, 0) is 42.7 Å². The number of unbranched alkanes of at least 4 members (excludes halogenated alkanes) is 9. The Bertz CT molecular complexity index is 668. The van der Waals surface area contributed by atoms with E-state index in [2.05, 4.69) is 68.4 Å². The fourth-order valence-electron chi connectivity index (χ4n) is 4.31. The molecule has 2 nitrogen and oxygen atoms in total.